The number of hydrogen-bond donors (Lipinski definition) is 2. The number of aromatic nitrogens is 2. The van der Waals surface area contributed by atoms with Gasteiger partial charge in [-0.1, -0.05) is 24.3 Å². The van der Waals surface area contributed by atoms with Crippen molar-refractivity contribution < 1.29 is 4.74 Å². The SMILES string of the molecule is CCNC(=NCC1(c2ccccc2C)CCOCC1)NC(C)Cc1c(C)nn(C)c1C. The predicted molar refractivity (Wildman–Crippen MR) is 128 cm³/mol. The Hall–Kier alpha value is -2.34. The van der Waals surface area contributed by atoms with Crippen LogP contribution in [0.4, 0.5) is 0 Å². The summed E-state index contributed by atoms with van der Waals surface area (Å²) < 4.78 is 7.67. The molecule has 6 heteroatoms. The Balaban J connectivity index is 1.77. The van der Waals surface area contributed by atoms with Crippen LogP contribution in [-0.2, 0) is 23.6 Å². The molecule has 1 aromatic carbocycles. The largest absolute Gasteiger partial charge is 0.381 e. The minimum atomic E-state index is 0.0334. The molecule has 0 bridgehead atoms. The van der Waals surface area contributed by atoms with E-state index in [9.17, 15) is 0 Å². The molecule has 0 saturated carbocycles. The lowest BCUT2D eigenvalue weighted by molar-refractivity contribution is 0.0529. The van der Waals surface area contributed by atoms with Crippen LogP contribution in [-0.4, -0.2) is 48.1 Å². The summed E-state index contributed by atoms with van der Waals surface area (Å²) in [5.74, 6) is 0.883. The molecule has 6 nitrogen and oxygen atoms in total. The van der Waals surface area contributed by atoms with E-state index < -0.39 is 0 Å². The minimum absolute atomic E-state index is 0.0334. The Kier molecular flexibility index (Phi) is 7.76. The van der Waals surface area contributed by atoms with Crippen molar-refractivity contribution in [3.05, 3.63) is 52.3 Å². The van der Waals surface area contributed by atoms with Crippen molar-refractivity contribution >= 4 is 5.96 Å². The first-order valence-corrected chi connectivity index (χ1v) is 11.5. The molecule has 1 atom stereocenters. The molecule has 31 heavy (non-hydrogen) atoms. The van der Waals surface area contributed by atoms with Gasteiger partial charge < -0.3 is 15.4 Å². The summed E-state index contributed by atoms with van der Waals surface area (Å²) in [5, 5.41) is 11.6. The Labute approximate surface area is 187 Å². The molecule has 0 amide bonds. The van der Waals surface area contributed by atoms with Gasteiger partial charge >= 0.3 is 0 Å². The topological polar surface area (TPSA) is 63.5 Å². The maximum absolute atomic E-state index is 5.71. The molecular weight excluding hydrogens is 386 g/mol. The van der Waals surface area contributed by atoms with Crippen molar-refractivity contribution in [1.82, 2.24) is 20.4 Å². The first-order valence-electron chi connectivity index (χ1n) is 11.5. The van der Waals surface area contributed by atoms with Crippen LogP contribution in [0.1, 0.15) is 54.8 Å². The molecule has 1 aliphatic heterocycles. The van der Waals surface area contributed by atoms with Gasteiger partial charge in [0.25, 0.3) is 0 Å². The van der Waals surface area contributed by atoms with Crippen molar-refractivity contribution in [2.45, 2.75) is 65.3 Å². The molecular formula is C25H39N5O. The van der Waals surface area contributed by atoms with E-state index in [1.807, 2.05) is 11.7 Å². The number of benzene rings is 1. The molecule has 1 aliphatic rings. The average molecular weight is 426 g/mol. The van der Waals surface area contributed by atoms with Crippen LogP contribution in [0.15, 0.2) is 29.3 Å². The van der Waals surface area contributed by atoms with Gasteiger partial charge in [-0.25, -0.2) is 0 Å². The van der Waals surface area contributed by atoms with Gasteiger partial charge in [0.2, 0.25) is 0 Å². The van der Waals surface area contributed by atoms with Crippen LogP contribution < -0.4 is 10.6 Å². The van der Waals surface area contributed by atoms with Crippen LogP contribution in [0.3, 0.4) is 0 Å². The Morgan fingerprint density at radius 1 is 1.23 bits per heavy atom. The highest BCUT2D eigenvalue weighted by Crippen LogP contribution is 2.37. The zero-order valence-corrected chi connectivity index (χ0v) is 20.1. The summed E-state index contributed by atoms with van der Waals surface area (Å²) in [6, 6.07) is 8.99. The third-order valence-corrected chi connectivity index (χ3v) is 6.60. The minimum Gasteiger partial charge on any atom is -0.381 e. The lowest BCUT2D eigenvalue weighted by Gasteiger charge is -2.37. The van der Waals surface area contributed by atoms with Gasteiger partial charge in [0.15, 0.2) is 5.96 Å². The van der Waals surface area contributed by atoms with Gasteiger partial charge in [0, 0.05) is 44.0 Å². The third kappa shape index (κ3) is 5.48. The zero-order valence-electron chi connectivity index (χ0n) is 20.1. The van der Waals surface area contributed by atoms with Crippen LogP contribution in [0.5, 0.6) is 0 Å². The summed E-state index contributed by atoms with van der Waals surface area (Å²) in [6.45, 7) is 13.9. The lowest BCUT2D eigenvalue weighted by Crippen LogP contribution is -2.45. The summed E-state index contributed by atoms with van der Waals surface area (Å²) in [7, 11) is 2.01. The van der Waals surface area contributed by atoms with E-state index in [4.69, 9.17) is 9.73 Å². The molecule has 0 radical (unpaired) electrons. The quantitative estimate of drug-likeness (QED) is 0.526. The molecule has 1 aromatic heterocycles. The number of nitrogens with zero attached hydrogens (tertiary/aromatic N) is 3. The fourth-order valence-corrected chi connectivity index (χ4v) is 4.70. The van der Waals surface area contributed by atoms with Crippen LogP contribution in [0.25, 0.3) is 0 Å². The van der Waals surface area contributed by atoms with Crippen molar-refractivity contribution in [3.63, 3.8) is 0 Å². The number of aliphatic imine (C=N–C) groups is 1. The van der Waals surface area contributed by atoms with Crippen LogP contribution in [0, 0.1) is 20.8 Å². The zero-order chi connectivity index (χ0) is 22.4. The standard InChI is InChI=1S/C25H39N5O/c1-7-26-24(28-19(3)16-22-20(4)29-30(6)21(22)5)27-17-25(12-14-31-15-13-25)23-11-9-8-10-18(23)2/h8-11,19H,7,12-17H2,1-6H3,(H2,26,27,28). The number of nitrogens with one attached hydrogen (secondary N) is 2. The Morgan fingerprint density at radius 3 is 2.55 bits per heavy atom. The van der Waals surface area contributed by atoms with E-state index >= 15 is 0 Å². The molecule has 2 aromatic rings. The highest BCUT2D eigenvalue weighted by atomic mass is 16.5. The van der Waals surface area contributed by atoms with E-state index in [1.165, 1.54) is 22.4 Å². The molecule has 1 saturated heterocycles. The second-order valence-electron chi connectivity index (χ2n) is 8.93. The van der Waals surface area contributed by atoms with Gasteiger partial charge in [-0.3, -0.25) is 9.67 Å². The number of rotatable bonds is 7. The van der Waals surface area contributed by atoms with Gasteiger partial charge in [0.1, 0.15) is 0 Å². The molecule has 1 fully saturated rings. The van der Waals surface area contributed by atoms with Gasteiger partial charge in [-0.15, -0.1) is 0 Å². The monoisotopic (exact) mass is 425 g/mol. The average Bonchev–Trinajstić information content (AvgIpc) is 2.99. The molecule has 170 valence electrons. The number of ether oxygens (including phenoxy) is 1. The fourth-order valence-electron chi connectivity index (χ4n) is 4.70. The second-order valence-corrected chi connectivity index (χ2v) is 8.93. The highest BCUT2D eigenvalue weighted by molar-refractivity contribution is 5.80. The highest BCUT2D eigenvalue weighted by Gasteiger charge is 2.35. The second kappa shape index (κ2) is 10.3. The first-order chi connectivity index (χ1) is 14.9. The Morgan fingerprint density at radius 2 is 1.94 bits per heavy atom. The maximum Gasteiger partial charge on any atom is 0.191 e. The molecule has 2 heterocycles. The van der Waals surface area contributed by atoms with E-state index in [2.05, 4.69) is 74.6 Å². The van der Waals surface area contributed by atoms with Crippen LogP contribution >= 0.6 is 0 Å². The summed E-state index contributed by atoms with van der Waals surface area (Å²) in [4.78, 5) is 5.08. The van der Waals surface area contributed by atoms with E-state index in [0.717, 1.165) is 57.2 Å². The summed E-state index contributed by atoms with van der Waals surface area (Å²) in [6.07, 6.45) is 2.93. The van der Waals surface area contributed by atoms with Gasteiger partial charge in [-0.2, -0.15) is 5.10 Å². The van der Waals surface area contributed by atoms with Crippen LogP contribution in [0.2, 0.25) is 0 Å². The number of guanidine groups is 1. The summed E-state index contributed by atoms with van der Waals surface area (Å²) in [5.41, 5.74) is 6.44. The summed E-state index contributed by atoms with van der Waals surface area (Å²) >= 11 is 0. The maximum atomic E-state index is 5.71. The molecule has 2 N–H and O–H groups in total. The van der Waals surface area contributed by atoms with Gasteiger partial charge in [-0.05, 0) is 70.6 Å². The Bertz CT molecular complexity index is 895. The fraction of sp³-hybridized carbons (Fsp3) is 0.600. The molecule has 1 unspecified atom stereocenters. The smallest absolute Gasteiger partial charge is 0.191 e. The van der Waals surface area contributed by atoms with E-state index in [-0.39, 0.29) is 11.5 Å². The van der Waals surface area contributed by atoms with Crippen molar-refractivity contribution in [3.8, 4) is 0 Å². The molecule has 3 rings (SSSR count). The van der Waals surface area contributed by atoms with Crippen molar-refractivity contribution in [2.75, 3.05) is 26.3 Å². The van der Waals surface area contributed by atoms with Gasteiger partial charge in [0.05, 0.1) is 12.2 Å². The predicted octanol–water partition coefficient (Wildman–Crippen LogP) is 3.58. The number of hydrogen-bond acceptors (Lipinski definition) is 3. The third-order valence-electron chi connectivity index (χ3n) is 6.60. The molecule has 0 aliphatic carbocycles. The van der Waals surface area contributed by atoms with Crippen molar-refractivity contribution in [1.29, 1.82) is 0 Å². The normalized spacial score (nSPS) is 17.4. The van der Waals surface area contributed by atoms with E-state index in [0.29, 0.717) is 0 Å². The number of aryl methyl sites for hydroxylation is 3. The van der Waals surface area contributed by atoms with Crippen molar-refractivity contribution in [2.24, 2.45) is 12.0 Å². The first kappa shape index (κ1) is 23.3. The molecule has 0 spiro atoms. The van der Waals surface area contributed by atoms with E-state index in [1.54, 1.807) is 0 Å². The lowest BCUT2D eigenvalue weighted by atomic mass is 9.72.